The second-order valence-corrected chi connectivity index (χ2v) is 8.76. The van der Waals surface area contributed by atoms with Crippen LogP contribution in [0.1, 0.15) is 95.1 Å². The molecule has 0 aliphatic heterocycles. The first-order valence-electron chi connectivity index (χ1n) is 11.5. The number of rotatable bonds is 9. The van der Waals surface area contributed by atoms with Gasteiger partial charge in [-0.3, -0.25) is 0 Å². The van der Waals surface area contributed by atoms with E-state index in [0.717, 1.165) is 49.9 Å². The fourth-order valence-electron chi connectivity index (χ4n) is 4.55. The molecule has 0 radical (unpaired) electrons. The Kier molecular flexibility index (Phi) is 7.81. The second-order valence-electron chi connectivity index (χ2n) is 8.76. The van der Waals surface area contributed by atoms with E-state index >= 15 is 0 Å². The third kappa shape index (κ3) is 5.66. The van der Waals surface area contributed by atoms with E-state index in [9.17, 15) is 5.26 Å². The minimum atomic E-state index is -0.0705. The van der Waals surface area contributed by atoms with Crippen molar-refractivity contribution in [1.29, 1.82) is 5.26 Å². The lowest BCUT2D eigenvalue weighted by Crippen LogP contribution is -2.25. The van der Waals surface area contributed by atoms with Gasteiger partial charge in [0.05, 0.1) is 11.5 Å². The molecule has 3 heteroatoms. The van der Waals surface area contributed by atoms with E-state index < -0.39 is 0 Å². The summed E-state index contributed by atoms with van der Waals surface area (Å²) in [7, 11) is 0. The highest BCUT2D eigenvalue weighted by atomic mass is 14.9. The summed E-state index contributed by atoms with van der Waals surface area (Å²) < 4.78 is 0. The Morgan fingerprint density at radius 2 is 1.62 bits per heavy atom. The van der Waals surface area contributed by atoms with Crippen molar-refractivity contribution in [2.24, 2.45) is 5.41 Å². The van der Waals surface area contributed by atoms with Crippen LogP contribution in [0.4, 0.5) is 0 Å². The van der Waals surface area contributed by atoms with E-state index in [1.54, 1.807) is 0 Å². The van der Waals surface area contributed by atoms with Crippen LogP contribution in [0.25, 0.3) is 11.4 Å². The van der Waals surface area contributed by atoms with Crippen molar-refractivity contribution in [2.45, 2.75) is 90.4 Å². The molecule has 1 aromatic carbocycles. The Hall–Kier alpha value is -2.21. The summed E-state index contributed by atoms with van der Waals surface area (Å²) in [5.41, 5.74) is 3.62. The molecule has 29 heavy (non-hydrogen) atoms. The van der Waals surface area contributed by atoms with Crippen molar-refractivity contribution < 1.29 is 0 Å². The average molecular weight is 390 g/mol. The molecule has 0 saturated heterocycles. The lowest BCUT2D eigenvalue weighted by atomic mass is 9.67. The highest BCUT2D eigenvalue weighted by Gasteiger charge is 2.35. The maximum Gasteiger partial charge on any atom is 0.159 e. The van der Waals surface area contributed by atoms with Gasteiger partial charge in [0, 0.05) is 18.0 Å². The molecule has 1 aliphatic carbocycles. The first-order valence-corrected chi connectivity index (χ1v) is 11.5. The summed E-state index contributed by atoms with van der Waals surface area (Å²) >= 11 is 0. The van der Waals surface area contributed by atoms with Gasteiger partial charge >= 0.3 is 0 Å². The number of nitrogens with zero attached hydrogens (tertiary/aromatic N) is 3. The van der Waals surface area contributed by atoms with Crippen LogP contribution in [-0.2, 0) is 6.42 Å². The molecule has 3 rings (SSSR count). The van der Waals surface area contributed by atoms with Gasteiger partial charge in [0.25, 0.3) is 0 Å². The topological polar surface area (TPSA) is 49.6 Å². The second kappa shape index (κ2) is 10.5. The zero-order valence-electron chi connectivity index (χ0n) is 18.2. The van der Waals surface area contributed by atoms with Gasteiger partial charge in [0.1, 0.15) is 0 Å². The molecular weight excluding hydrogens is 354 g/mol. The Labute approximate surface area is 176 Å². The van der Waals surface area contributed by atoms with Gasteiger partial charge in [-0.25, -0.2) is 9.97 Å². The molecule has 0 N–H and O–H groups in total. The summed E-state index contributed by atoms with van der Waals surface area (Å²) in [4.78, 5) is 9.13. The van der Waals surface area contributed by atoms with E-state index in [1.165, 1.54) is 43.2 Å². The van der Waals surface area contributed by atoms with Crippen LogP contribution in [0.2, 0.25) is 0 Å². The van der Waals surface area contributed by atoms with Crippen LogP contribution in [0.15, 0.2) is 36.7 Å². The Balaban J connectivity index is 1.59. The Bertz CT molecular complexity index is 778. The third-order valence-corrected chi connectivity index (χ3v) is 6.60. The van der Waals surface area contributed by atoms with Crippen LogP contribution in [-0.4, -0.2) is 9.97 Å². The molecule has 154 valence electrons. The first kappa shape index (κ1) is 21.5. The maximum atomic E-state index is 9.76. The van der Waals surface area contributed by atoms with E-state index in [-0.39, 0.29) is 5.41 Å². The van der Waals surface area contributed by atoms with Gasteiger partial charge in [0.15, 0.2) is 5.82 Å². The molecule has 1 aromatic heterocycles. The minimum absolute atomic E-state index is 0.0705. The number of aryl methyl sites for hydroxylation is 1. The summed E-state index contributed by atoms with van der Waals surface area (Å²) in [5.74, 6) is 1.38. The summed E-state index contributed by atoms with van der Waals surface area (Å²) in [5, 5.41) is 9.76. The molecule has 1 saturated carbocycles. The maximum absolute atomic E-state index is 9.76. The van der Waals surface area contributed by atoms with Crippen LogP contribution >= 0.6 is 0 Å². The van der Waals surface area contributed by atoms with Gasteiger partial charge in [-0.2, -0.15) is 5.26 Å². The van der Waals surface area contributed by atoms with Gasteiger partial charge in [-0.05, 0) is 62.0 Å². The molecule has 1 heterocycles. The SMILES string of the molecule is CCCCCC1(C#N)CCC(c2ccc(-c3ncc(CCCC)cn3)cc2)CC1. The molecular formula is C26H35N3. The zero-order chi connectivity index (χ0) is 20.5. The molecule has 1 fully saturated rings. The average Bonchev–Trinajstić information content (AvgIpc) is 2.79. The highest BCUT2D eigenvalue weighted by Crippen LogP contribution is 2.45. The Morgan fingerprint density at radius 3 is 2.21 bits per heavy atom. The normalized spacial score (nSPS) is 21.6. The van der Waals surface area contributed by atoms with E-state index in [0.29, 0.717) is 5.92 Å². The van der Waals surface area contributed by atoms with Gasteiger partial charge in [-0.15, -0.1) is 0 Å². The van der Waals surface area contributed by atoms with Crippen molar-refractivity contribution in [3.05, 3.63) is 47.8 Å². The van der Waals surface area contributed by atoms with Crippen molar-refractivity contribution in [3.8, 4) is 17.5 Å². The van der Waals surface area contributed by atoms with E-state index in [2.05, 4.69) is 54.2 Å². The smallest absolute Gasteiger partial charge is 0.159 e. The van der Waals surface area contributed by atoms with Gasteiger partial charge < -0.3 is 0 Å². The number of nitriles is 1. The van der Waals surface area contributed by atoms with Crippen LogP contribution in [0, 0.1) is 16.7 Å². The number of aromatic nitrogens is 2. The van der Waals surface area contributed by atoms with Crippen LogP contribution in [0.5, 0.6) is 0 Å². The van der Waals surface area contributed by atoms with Crippen LogP contribution < -0.4 is 0 Å². The van der Waals surface area contributed by atoms with Gasteiger partial charge in [-0.1, -0.05) is 63.8 Å². The predicted octanol–water partition coefficient (Wildman–Crippen LogP) is 7.23. The predicted molar refractivity (Wildman–Crippen MR) is 119 cm³/mol. The van der Waals surface area contributed by atoms with Gasteiger partial charge in [0.2, 0.25) is 0 Å². The molecule has 2 aromatic rings. The monoisotopic (exact) mass is 389 g/mol. The molecule has 0 atom stereocenters. The first-order chi connectivity index (χ1) is 14.2. The number of unbranched alkanes of at least 4 members (excludes halogenated alkanes) is 3. The minimum Gasteiger partial charge on any atom is -0.236 e. The molecule has 0 spiro atoms. The summed E-state index contributed by atoms with van der Waals surface area (Å²) in [6, 6.07) is 11.5. The quantitative estimate of drug-likeness (QED) is 0.425. The molecule has 3 nitrogen and oxygen atoms in total. The standard InChI is InChI=1S/C26H35N3/c1-3-5-7-15-26(20-27)16-13-23(14-17-26)22-9-11-24(12-10-22)25-28-18-21(19-29-25)8-6-4-2/h9-12,18-19,23H,3-8,13-17H2,1-2H3. The van der Waals surface area contributed by atoms with Crippen molar-refractivity contribution in [3.63, 3.8) is 0 Å². The van der Waals surface area contributed by atoms with E-state index in [1.807, 2.05) is 12.4 Å². The fourth-order valence-corrected chi connectivity index (χ4v) is 4.55. The number of hydrogen-bond acceptors (Lipinski definition) is 3. The molecule has 0 unspecified atom stereocenters. The van der Waals surface area contributed by atoms with Crippen molar-refractivity contribution in [1.82, 2.24) is 9.97 Å². The lowest BCUT2D eigenvalue weighted by molar-refractivity contribution is 0.223. The molecule has 0 amide bonds. The highest BCUT2D eigenvalue weighted by molar-refractivity contribution is 5.55. The van der Waals surface area contributed by atoms with Crippen LogP contribution in [0.3, 0.4) is 0 Å². The fraction of sp³-hybridized carbons (Fsp3) is 0.577. The lowest BCUT2D eigenvalue weighted by Gasteiger charge is -2.35. The van der Waals surface area contributed by atoms with E-state index in [4.69, 9.17) is 0 Å². The third-order valence-electron chi connectivity index (χ3n) is 6.60. The molecule has 0 bridgehead atoms. The summed E-state index contributed by atoms with van der Waals surface area (Å²) in [6.07, 6.45) is 16.4. The Morgan fingerprint density at radius 1 is 0.966 bits per heavy atom. The van der Waals surface area contributed by atoms with Crippen molar-refractivity contribution in [2.75, 3.05) is 0 Å². The number of benzene rings is 1. The zero-order valence-corrected chi connectivity index (χ0v) is 18.2. The number of hydrogen-bond donors (Lipinski definition) is 0. The largest absolute Gasteiger partial charge is 0.236 e. The summed E-state index contributed by atoms with van der Waals surface area (Å²) in [6.45, 7) is 4.43. The van der Waals surface area contributed by atoms with Crippen molar-refractivity contribution >= 4 is 0 Å². The molecule has 1 aliphatic rings.